The fraction of sp³-hybridized carbons (Fsp3) is 0.400. The van der Waals surface area contributed by atoms with Gasteiger partial charge in [0.2, 0.25) is 5.91 Å². The van der Waals surface area contributed by atoms with Crippen LogP contribution in [0, 0.1) is 19.8 Å². The highest BCUT2D eigenvalue weighted by Gasteiger charge is 2.25. The highest BCUT2D eigenvalue weighted by molar-refractivity contribution is 5.90. The second-order valence-electron chi connectivity index (χ2n) is 6.88. The summed E-state index contributed by atoms with van der Waals surface area (Å²) >= 11 is 0. The lowest BCUT2D eigenvalue weighted by molar-refractivity contribution is -0.123. The fourth-order valence-electron chi connectivity index (χ4n) is 2.66. The van der Waals surface area contributed by atoms with Crippen molar-refractivity contribution in [2.45, 2.75) is 40.3 Å². The molecule has 1 aromatic heterocycles. The molecule has 0 aliphatic carbocycles. The van der Waals surface area contributed by atoms with Crippen molar-refractivity contribution in [1.82, 2.24) is 20.4 Å². The van der Waals surface area contributed by atoms with Gasteiger partial charge in [0.05, 0.1) is 12.2 Å². The number of carbonyl (C=O) groups is 3. The Morgan fingerprint density at radius 2 is 1.82 bits per heavy atom. The maximum absolute atomic E-state index is 12.5. The van der Waals surface area contributed by atoms with Gasteiger partial charge in [-0.25, -0.2) is 9.48 Å². The van der Waals surface area contributed by atoms with Crippen LogP contribution < -0.4 is 10.6 Å². The number of benzene rings is 1. The van der Waals surface area contributed by atoms with Crippen LogP contribution in [0.1, 0.15) is 35.6 Å². The summed E-state index contributed by atoms with van der Waals surface area (Å²) in [4.78, 5) is 36.7. The highest BCUT2D eigenvalue weighted by atomic mass is 16.5. The van der Waals surface area contributed by atoms with E-state index >= 15 is 0 Å². The summed E-state index contributed by atoms with van der Waals surface area (Å²) in [5.74, 6) is -0.997. The maximum atomic E-state index is 12.5. The van der Waals surface area contributed by atoms with E-state index in [4.69, 9.17) is 4.74 Å². The number of aromatic nitrogens is 2. The zero-order chi connectivity index (χ0) is 20.7. The predicted molar refractivity (Wildman–Crippen MR) is 104 cm³/mol. The van der Waals surface area contributed by atoms with Crippen LogP contribution in [-0.2, 0) is 16.1 Å². The first kappa shape index (κ1) is 21.1. The molecule has 0 saturated heterocycles. The fourth-order valence-corrected chi connectivity index (χ4v) is 2.66. The third-order valence-electron chi connectivity index (χ3n) is 4.09. The monoisotopic (exact) mass is 386 g/mol. The Bertz CT molecular complexity index is 830. The smallest absolute Gasteiger partial charge is 0.408 e. The van der Waals surface area contributed by atoms with Crippen molar-refractivity contribution >= 4 is 17.9 Å². The lowest BCUT2D eigenvalue weighted by atomic mass is 10.0. The van der Waals surface area contributed by atoms with Gasteiger partial charge in [0.25, 0.3) is 5.91 Å². The molecule has 2 rings (SSSR count). The first-order valence-electron chi connectivity index (χ1n) is 9.09. The Morgan fingerprint density at radius 1 is 1.14 bits per heavy atom. The summed E-state index contributed by atoms with van der Waals surface area (Å²) in [5, 5.41) is 9.21. The van der Waals surface area contributed by atoms with Gasteiger partial charge in [-0.05, 0) is 31.4 Å². The van der Waals surface area contributed by atoms with E-state index in [1.54, 1.807) is 33.8 Å². The Balaban J connectivity index is 1.87. The van der Waals surface area contributed by atoms with Crippen molar-refractivity contribution in [2.75, 3.05) is 6.54 Å². The first-order chi connectivity index (χ1) is 13.3. The molecule has 1 aromatic carbocycles. The Kier molecular flexibility index (Phi) is 7.31. The van der Waals surface area contributed by atoms with E-state index in [1.165, 1.54) is 4.68 Å². The van der Waals surface area contributed by atoms with Gasteiger partial charge in [-0.1, -0.05) is 44.2 Å². The minimum atomic E-state index is -0.823. The lowest BCUT2D eigenvalue weighted by Gasteiger charge is -2.21. The SMILES string of the molecule is Cc1cc(C)n(C(=O)CNC(=O)C(NC(=O)OCc2ccccc2)C(C)C)n1. The Hall–Kier alpha value is -3.16. The molecule has 1 atom stereocenters. The van der Waals surface area contributed by atoms with Crippen LogP contribution in [0.15, 0.2) is 36.4 Å². The van der Waals surface area contributed by atoms with E-state index in [0.29, 0.717) is 5.69 Å². The van der Waals surface area contributed by atoms with E-state index in [9.17, 15) is 14.4 Å². The average molecular weight is 386 g/mol. The normalized spacial score (nSPS) is 11.8. The van der Waals surface area contributed by atoms with Crippen LogP contribution in [0.5, 0.6) is 0 Å². The largest absolute Gasteiger partial charge is 0.445 e. The number of nitrogens with zero attached hydrogens (tertiary/aromatic N) is 2. The van der Waals surface area contributed by atoms with Crippen LogP contribution in [0.3, 0.4) is 0 Å². The number of nitrogens with one attached hydrogen (secondary N) is 2. The van der Waals surface area contributed by atoms with Gasteiger partial charge in [-0.2, -0.15) is 5.10 Å². The first-order valence-corrected chi connectivity index (χ1v) is 9.09. The molecule has 28 heavy (non-hydrogen) atoms. The van der Waals surface area contributed by atoms with Crippen molar-refractivity contribution in [3.8, 4) is 0 Å². The quantitative estimate of drug-likeness (QED) is 0.760. The highest BCUT2D eigenvalue weighted by Crippen LogP contribution is 2.05. The molecule has 0 bridgehead atoms. The van der Waals surface area contributed by atoms with Crippen LogP contribution >= 0.6 is 0 Å². The minimum Gasteiger partial charge on any atom is -0.445 e. The van der Waals surface area contributed by atoms with E-state index in [1.807, 2.05) is 30.3 Å². The van der Waals surface area contributed by atoms with Gasteiger partial charge < -0.3 is 15.4 Å². The van der Waals surface area contributed by atoms with Gasteiger partial charge >= 0.3 is 6.09 Å². The molecule has 0 fully saturated rings. The maximum Gasteiger partial charge on any atom is 0.408 e. The second kappa shape index (κ2) is 9.68. The number of alkyl carbamates (subject to hydrolysis) is 1. The summed E-state index contributed by atoms with van der Waals surface area (Å²) in [5.41, 5.74) is 2.26. The topological polar surface area (TPSA) is 102 Å². The molecule has 8 heteroatoms. The Labute approximate surface area is 164 Å². The molecule has 2 amide bonds. The third kappa shape index (κ3) is 5.94. The zero-order valence-electron chi connectivity index (χ0n) is 16.6. The molecule has 1 heterocycles. The van der Waals surface area contributed by atoms with Gasteiger partial charge in [-0.15, -0.1) is 0 Å². The lowest BCUT2D eigenvalue weighted by Crippen LogP contribution is -2.51. The van der Waals surface area contributed by atoms with Crippen LogP contribution in [-0.4, -0.2) is 40.3 Å². The zero-order valence-corrected chi connectivity index (χ0v) is 16.6. The Morgan fingerprint density at radius 3 is 2.39 bits per heavy atom. The number of amides is 2. The molecule has 2 aromatic rings. The molecule has 0 spiro atoms. The van der Waals surface area contributed by atoms with Crippen LogP contribution in [0.2, 0.25) is 0 Å². The van der Waals surface area contributed by atoms with Gasteiger partial charge in [-0.3, -0.25) is 9.59 Å². The third-order valence-corrected chi connectivity index (χ3v) is 4.09. The summed E-state index contributed by atoms with van der Waals surface area (Å²) < 4.78 is 6.41. The molecule has 1 unspecified atom stereocenters. The number of hydrogen-bond acceptors (Lipinski definition) is 5. The molecule has 0 aliphatic rings. The van der Waals surface area contributed by atoms with Crippen molar-refractivity contribution in [2.24, 2.45) is 5.92 Å². The van der Waals surface area contributed by atoms with Crippen molar-refractivity contribution < 1.29 is 19.1 Å². The van der Waals surface area contributed by atoms with E-state index in [2.05, 4.69) is 15.7 Å². The number of carbonyl (C=O) groups excluding carboxylic acids is 3. The number of rotatable bonds is 7. The molecule has 150 valence electrons. The standard InChI is InChI=1S/C20H26N4O4/c1-13(2)18(22-20(27)28-12-16-8-6-5-7-9-16)19(26)21-11-17(25)24-15(4)10-14(3)23-24/h5-10,13,18H,11-12H2,1-4H3,(H,21,26)(H,22,27). The summed E-state index contributed by atoms with van der Waals surface area (Å²) in [7, 11) is 0. The van der Waals surface area contributed by atoms with E-state index in [0.717, 1.165) is 11.3 Å². The minimum absolute atomic E-state index is 0.107. The van der Waals surface area contributed by atoms with E-state index in [-0.39, 0.29) is 25.0 Å². The summed E-state index contributed by atoms with van der Waals surface area (Å²) in [6.07, 6.45) is -0.692. The van der Waals surface area contributed by atoms with Crippen molar-refractivity contribution in [3.63, 3.8) is 0 Å². The van der Waals surface area contributed by atoms with Gasteiger partial charge in [0, 0.05) is 5.69 Å². The van der Waals surface area contributed by atoms with Gasteiger partial charge in [0.1, 0.15) is 12.6 Å². The number of hydrogen-bond donors (Lipinski definition) is 2. The number of ether oxygens (including phenoxy) is 1. The molecule has 8 nitrogen and oxygen atoms in total. The van der Waals surface area contributed by atoms with Crippen molar-refractivity contribution in [1.29, 1.82) is 0 Å². The van der Waals surface area contributed by atoms with E-state index < -0.39 is 18.0 Å². The van der Waals surface area contributed by atoms with Crippen LogP contribution in [0.25, 0.3) is 0 Å². The molecule has 0 radical (unpaired) electrons. The average Bonchev–Trinajstić information content (AvgIpc) is 3.01. The predicted octanol–water partition coefficient (Wildman–Crippen LogP) is 2.21. The molecule has 2 N–H and O–H groups in total. The van der Waals surface area contributed by atoms with Gasteiger partial charge in [0.15, 0.2) is 0 Å². The second-order valence-corrected chi connectivity index (χ2v) is 6.88. The molecular weight excluding hydrogens is 360 g/mol. The molecule has 0 aliphatic heterocycles. The van der Waals surface area contributed by atoms with Crippen LogP contribution in [0.4, 0.5) is 4.79 Å². The van der Waals surface area contributed by atoms with Crippen molar-refractivity contribution in [3.05, 3.63) is 53.3 Å². The number of aryl methyl sites for hydroxylation is 2. The summed E-state index contributed by atoms with van der Waals surface area (Å²) in [6.45, 7) is 7.03. The molecular formula is C20H26N4O4. The summed E-state index contributed by atoms with van der Waals surface area (Å²) in [6, 6.07) is 10.2. The molecule has 0 saturated carbocycles.